The summed E-state index contributed by atoms with van der Waals surface area (Å²) >= 11 is 0. The lowest BCUT2D eigenvalue weighted by Gasteiger charge is -2.15. The molecule has 0 saturated carbocycles. The second-order valence-electron chi connectivity index (χ2n) is 5.02. The third-order valence-electron chi connectivity index (χ3n) is 3.33. The fourth-order valence-electron chi connectivity index (χ4n) is 2.09. The van der Waals surface area contributed by atoms with Gasteiger partial charge in [0, 0.05) is 6.42 Å². The Hall–Kier alpha value is -1.55. The quantitative estimate of drug-likeness (QED) is 0.683. The number of methoxy groups -OCH3 is 1. The van der Waals surface area contributed by atoms with Crippen LogP contribution in [0.5, 0.6) is 5.75 Å². The van der Waals surface area contributed by atoms with Gasteiger partial charge in [0.05, 0.1) is 13.2 Å². The molecule has 1 rings (SSSR count). The van der Waals surface area contributed by atoms with E-state index < -0.39 is 0 Å². The maximum atomic E-state index is 11.8. The van der Waals surface area contributed by atoms with Crippen molar-refractivity contribution in [3.8, 4) is 5.75 Å². The number of carbonyl (C=O) groups is 1. The van der Waals surface area contributed by atoms with E-state index >= 15 is 0 Å². The molecule has 4 nitrogen and oxygen atoms in total. The van der Waals surface area contributed by atoms with Gasteiger partial charge in [-0.1, -0.05) is 25.0 Å². The summed E-state index contributed by atoms with van der Waals surface area (Å²) in [5.41, 5.74) is 6.49. The largest absolute Gasteiger partial charge is 0.497 e. The average Bonchev–Trinajstić information content (AvgIpc) is 2.47. The van der Waals surface area contributed by atoms with E-state index in [2.05, 4.69) is 5.32 Å². The Labute approximate surface area is 121 Å². The molecule has 0 spiro atoms. The Balaban J connectivity index is 2.33. The number of ether oxygens (including phenoxy) is 1. The second-order valence-corrected chi connectivity index (χ2v) is 5.02. The monoisotopic (exact) mass is 278 g/mol. The summed E-state index contributed by atoms with van der Waals surface area (Å²) in [6, 6.07) is 7.78. The molecule has 4 heteroatoms. The summed E-state index contributed by atoms with van der Waals surface area (Å²) in [7, 11) is 1.64. The molecule has 0 aromatic heterocycles. The Morgan fingerprint density at radius 3 is 2.75 bits per heavy atom. The van der Waals surface area contributed by atoms with Gasteiger partial charge in [-0.05, 0) is 44.0 Å². The third kappa shape index (κ3) is 6.06. The van der Waals surface area contributed by atoms with Gasteiger partial charge in [-0.15, -0.1) is 0 Å². The topological polar surface area (TPSA) is 64.3 Å². The van der Waals surface area contributed by atoms with E-state index in [9.17, 15) is 4.79 Å². The van der Waals surface area contributed by atoms with Crippen molar-refractivity contribution < 1.29 is 9.53 Å². The zero-order valence-electron chi connectivity index (χ0n) is 12.5. The van der Waals surface area contributed by atoms with Gasteiger partial charge < -0.3 is 15.8 Å². The molecule has 0 aliphatic rings. The predicted octanol–water partition coefficient (Wildman–Crippen LogP) is 2.78. The molecule has 0 aliphatic carbocycles. The first-order valence-corrected chi connectivity index (χ1v) is 7.30. The summed E-state index contributed by atoms with van der Waals surface area (Å²) in [5.74, 6) is 0.915. The summed E-state index contributed by atoms with van der Waals surface area (Å²) < 4.78 is 5.19. The van der Waals surface area contributed by atoms with E-state index in [1.165, 1.54) is 0 Å². The Morgan fingerprint density at radius 2 is 2.05 bits per heavy atom. The number of benzene rings is 1. The van der Waals surface area contributed by atoms with Gasteiger partial charge in [0.2, 0.25) is 5.91 Å². The molecule has 1 unspecified atom stereocenters. The lowest BCUT2D eigenvalue weighted by Crippen LogP contribution is -2.26. The van der Waals surface area contributed by atoms with Gasteiger partial charge in [0.25, 0.3) is 0 Å². The highest BCUT2D eigenvalue weighted by molar-refractivity contribution is 5.76. The minimum atomic E-state index is 0.00152. The van der Waals surface area contributed by atoms with Crippen molar-refractivity contribution in [3.63, 3.8) is 0 Å². The molecule has 0 radical (unpaired) electrons. The number of nitrogens with one attached hydrogen (secondary N) is 1. The summed E-state index contributed by atoms with van der Waals surface area (Å²) in [4.78, 5) is 11.8. The van der Waals surface area contributed by atoms with Crippen molar-refractivity contribution >= 4 is 5.91 Å². The highest BCUT2D eigenvalue weighted by atomic mass is 16.5. The van der Waals surface area contributed by atoms with Crippen LogP contribution in [0, 0.1) is 0 Å². The Morgan fingerprint density at radius 1 is 1.30 bits per heavy atom. The van der Waals surface area contributed by atoms with Gasteiger partial charge in [-0.2, -0.15) is 0 Å². The van der Waals surface area contributed by atoms with E-state index in [4.69, 9.17) is 10.5 Å². The van der Waals surface area contributed by atoms with Crippen LogP contribution in [-0.4, -0.2) is 19.6 Å². The molecular formula is C16H26N2O2. The van der Waals surface area contributed by atoms with Crippen LogP contribution in [0.25, 0.3) is 0 Å². The van der Waals surface area contributed by atoms with Crippen LogP contribution < -0.4 is 15.8 Å². The van der Waals surface area contributed by atoms with Crippen LogP contribution in [0.15, 0.2) is 24.3 Å². The summed E-state index contributed by atoms with van der Waals surface area (Å²) in [5, 5.41) is 3.02. The smallest absolute Gasteiger partial charge is 0.220 e. The van der Waals surface area contributed by atoms with Gasteiger partial charge in [0.15, 0.2) is 0 Å². The van der Waals surface area contributed by atoms with Crippen molar-refractivity contribution in [3.05, 3.63) is 29.8 Å². The number of amides is 1. The SMILES string of the molecule is COc1cccc(C(C)NC(=O)CCCCCCN)c1. The third-order valence-corrected chi connectivity index (χ3v) is 3.33. The first-order chi connectivity index (χ1) is 9.67. The van der Waals surface area contributed by atoms with Gasteiger partial charge in [-0.25, -0.2) is 0 Å². The van der Waals surface area contributed by atoms with Crippen LogP contribution in [0.1, 0.15) is 50.6 Å². The number of rotatable bonds is 9. The van der Waals surface area contributed by atoms with Gasteiger partial charge >= 0.3 is 0 Å². The molecule has 0 fully saturated rings. The zero-order chi connectivity index (χ0) is 14.8. The van der Waals surface area contributed by atoms with Crippen LogP contribution in [0.2, 0.25) is 0 Å². The summed E-state index contributed by atoms with van der Waals surface area (Å²) in [6.45, 7) is 2.72. The zero-order valence-corrected chi connectivity index (χ0v) is 12.5. The van der Waals surface area contributed by atoms with Gasteiger partial charge in [-0.3, -0.25) is 4.79 Å². The molecule has 0 heterocycles. The average molecular weight is 278 g/mol. The molecule has 1 aromatic rings. The lowest BCUT2D eigenvalue weighted by molar-refractivity contribution is -0.121. The molecule has 1 atom stereocenters. The molecule has 1 amide bonds. The predicted molar refractivity (Wildman–Crippen MR) is 81.7 cm³/mol. The summed E-state index contributed by atoms with van der Waals surface area (Å²) in [6.07, 6.45) is 4.73. The van der Waals surface area contributed by atoms with E-state index in [1.54, 1.807) is 7.11 Å². The van der Waals surface area contributed by atoms with Crippen LogP contribution in [0.3, 0.4) is 0 Å². The van der Waals surface area contributed by atoms with Crippen molar-refractivity contribution in [2.24, 2.45) is 5.73 Å². The van der Waals surface area contributed by atoms with Crippen LogP contribution in [-0.2, 0) is 4.79 Å². The normalized spacial score (nSPS) is 11.9. The fourth-order valence-corrected chi connectivity index (χ4v) is 2.09. The van der Waals surface area contributed by atoms with Crippen LogP contribution in [0.4, 0.5) is 0 Å². The maximum Gasteiger partial charge on any atom is 0.220 e. The van der Waals surface area contributed by atoms with Crippen molar-refractivity contribution in [1.29, 1.82) is 0 Å². The van der Waals surface area contributed by atoms with Crippen molar-refractivity contribution in [1.82, 2.24) is 5.32 Å². The Bertz CT molecular complexity index is 407. The van der Waals surface area contributed by atoms with Crippen molar-refractivity contribution in [2.45, 2.75) is 45.1 Å². The molecule has 0 bridgehead atoms. The molecule has 1 aromatic carbocycles. The van der Waals surface area contributed by atoms with Gasteiger partial charge in [0.1, 0.15) is 5.75 Å². The highest BCUT2D eigenvalue weighted by Gasteiger charge is 2.09. The number of unbranched alkanes of at least 4 members (excludes halogenated alkanes) is 3. The van der Waals surface area contributed by atoms with Crippen molar-refractivity contribution in [2.75, 3.05) is 13.7 Å². The molecule has 0 aliphatic heterocycles. The van der Waals surface area contributed by atoms with Crippen LogP contribution >= 0.6 is 0 Å². The molecule has 0 saturated heterocycles. The van der Waals surface area contributed by atoms with E-state index in [0.717, 1.165) is 43.5 Å². The standard InChI is InChI=1S/C16H26N2O2/c1-13(14-8-7-9-15(12-14)20-2)18-16(19)10-5-3-4-6-11-17/h7-9,12-13H,3-6,10-11,17H2,1-2H3,(H,18,19). The number of carbonyl (C=O) groups excluding carboxylic acids is 1. The Kier molecular flexibility index (Phi) is 7.73. The minimum Gasteiger partial charge on any atom is -0.497 e. The first kappa shape index (κ1) is 16.5. The van der Waals surface area contributed by atoms with E-state index in [1.807, 2.05) is 31.2 Å². The number of hydrogen-bond donors (Lipinski definition) is 2. The highest BCUT2D eigenvalue weighted by Crippen LogP contribution is 2.18. The lowest BCUT2D eigenvalue weighted by atomic mass is 10.1. The minimum absolute atomic E-state index is 0.00152. The second kappa shape index (κ2) is 9.37. The maximum absolute atomic E-state index is 11.8. The van der Waals surface area contributed by atoms with E-state index in [-0.39, 0.29) is 11.9 Å². The number of hydrogen-bond acceptors (Lipinski definition) is 3. The fraction of sp³-hybridized carbons (Fsp3) is 0.562. The molecule has 112 valence electrons. The number of nitrogens with two attached hydrogens (primary N) is 1. The first-order valence-electron chi connectivity index (χ1n) is 7.30. The van der Waals surface area contributed by atoms with E-state index in [0.29, 0.717) is 6.42 Å². The molecule has 3 N–H and O–H groups in total. The molecular weight excluding hydrogens is 252 g/mol. The molecule has 20 heavy (non-hydrogen) atoms.